The zero-order valence-corrected chi connectivity index (χ0v) is 19.6. The Morgan fingerprint density at radius 2 is 1.23 bits per heavy atom. The molecule has 0 bridgehead atoms. The van der Waals surface area contributed by atoms with E-state index in [4.69, 9.17) is 9.47 Å². The van der Waals surface area contributed by atoms with Crippen LogP contribution in [0.3, 0.4) is 0 Å². The van der Waals surface area contributed by atoms with E-state index in [0.29, 0.717) is 0 Å². The maximum absolute atomic E-state index is 9.87. The van der Waals surface area contributed by atoms with E-state index in [1.807, 2.05) is 52.0 Å². The van der Waals surface area contributed by atoms with Crippen molar-refractivity contribution in [1.82, 2.24) is 9.80 Å². The molecule has 1 heterocycles. The Kier molecular flexibility index (Phi) is 12.8. The van der Waals surface area contributed by atoms with E-state index in [2.05, 4.69) is 34.1 Å². The lowest BCUT2D eigenvalue weighted by molar-refractivity contribution is 0.0316. The minimum atomic E-state index is 0.157. The molecule has 2 aromatic rings. The highest BCUT2D eigenvalue weighted by Gasteiger charge is 2.26. The van der Waals surface area contributed by atoms with Crippen molar-refractivity contribution < 1.29 is 14.6 Å². The fourth-order valence-corrected chi connectivity index (χ4v) is 3.44. The summed E-state index contributed by atoms with van der Waals surface area (Å²) in [5.74, 6) is 1.75. The largest absolute Gasteiger partial charge is 0.497 e. The SMILES string of the molecule is CC.CC.COc1ccc(CN2CCN(Cc3ccc(OC)cc3)[C@@H](CO)C2)cc1. The summed E-state index contributed by atoms with van der Waals surface area (Å²) in [6.07, 6.45) is 0. The Morgan fingerprint density at radius 1 is 0.767 bits per heavy atom. The standard InChI is InChI=1S/C21H28N2O3.2C2H6/c1-25-20-7-3-17(4-8-20)13-22-11-12-23(19(15-22)16-24)14-18-5-9-21(26-2)10-6-18;2*1-2/h3-10,19,24H,11-16H2,1-2H3;2*1-2H3/t19-;;/m1../s1. The molecular weight excluding hydrogens is 376 g/mol. The van der Waals surface area contributed by atoms with E-state index < -0.39 is 0 Å². The number of nitrogens with zero attached hydrogens (tertiary/aromatic N) is 2. The van der Waals surface area contributed by atoms with Gasteiger partial charge in [-0.15, -0.1) is 0 Å². The molecule has 1 atom stereocenters. The maximum Gasteiger partial charge on any atom is 0.118 e. The lowest BCUT2D eigenvalue weighted by atomic mass is 10.1. The second-order valence-electron chi connectivity index (χ2n) is 6.74. The van der Waals surface area contributed by atoms with Crippen LogP contribution in [0.2, 0.25) is 0 Å². The van der Waals surface area contributed by atoms with Crippen molar-refractivity contribution in [3.05, 3.63) is 59.7 Å². The minimum Gasteiger partial charge on any atom is -0.497 e. The van der Waals surface area contributed by atoms with Gasteiger partial charge in [0, 0.05) is 38.8 Å². The third-order valence-electron chi connectivity index (χ3n) is 5.01. The molecule has 0 radical (unpaired) electrons. The van der Waals surface area contributed by atoms with Gasteiger partial charge in [-0.25, -0.2) is 0 Å². The highest BCUT2D eigenvalue weighted by atomic mass is 16.5. The number of piperazine rings is 1. The van der Waals surface area contributed by atoms with Crippen LogP contribution in [0.4, 0.5) is 0 Å². The summed E-state index contributed by atoms with van der Waals surface area (Å²) >= 11 is 0. The van der Waals surface area contributed by atoms with Crippen LogP contribution in [0.5, 0.6) is 11.5 Å². The number of hydrogen-bond acceptors (Lipinski definition) is 5. The van der Waals surface area contributed by atoms with Crippen molar-refractivity contribution in [2.24, 2.45) is 0 Å². The molecule has 0 spiro atoms. The van der Waals surface area contributed by atoms with Gasteiger partial charge in [0.15, 0.2) is 0 Å². The number of hydrogen-bond donors (Lipinski definition) is 1. The normalized spacial score (nSPS) is 16.6. The molecule has 1 saturated heterocycles. The molecule has 0 saturated carbocycles. The van der Waals surface area contributed by atoms with Gasteiger partial charge in [-0.1, -0.05) is 52.0 Å². The van der Waals surface area contributed by atoms with Crippen LogP contribution < -0.4 is 9.47 Å². The quantitative estimate of drug-likeness (QED) is 0.723. The van der Waals surface area contributed by atoms with Crippen LogP contribution in [-0.4, -0.2) is 61.4 Å². The molecule has 5 nitrogen and oxygen atoms in total. The van der Waals surface area contributed by atoms with Gasteiger partial charge in [0.2, 0.25) is 0 Å². The third-order valence-corrected chi connectivity index (χ3v) is 5.01. The Hall–Kier alpha value is -2.08. The summed E-state index contributed by atoms with van der Waals surface area (Å²) in [7, 11) is 3.36. The first kappa shape index (κ1) is 26.0. The lowest BCUT2D eigenvalue weighted by Gasteiger charge is -2.40. The van der Waals surface area contributed by atoms with Gasteiger partial charge in [-0.05, 0) is 35.4 Å². The monoisotopic (exact) mass is 416 g/mol. The lowest BCUT2D eigenvalue weighted by Crippen LogP contribution is -2.53. The summed E-state index contributed by atoms with van der Waals surface area (Å²) < 4.78 is 10.4. The van der Waals surface area contributed by atoms with E-state index in [1.165, 1.54) is 11.1 Å². The van der Waals surface area contributed by atoms with Gasteiger partial charge >= 0.3 is 0 Å². The molecule has 3 rings (SSSR count). The molecule has 1 aliphatic rings. The summed E-state index contributed by atoms with van der Waals surface area (Å²) in [5, 5.41) is 9.87. The molecule has 168 valence electrons. The predicted octanol–water partition coefficient (Wildman–Crippen LogP) is 4.43. The fourth-order valence-electron chi connectivity index (χ4n) is 3.44. The van der Waals surface area contributed by atoms with Gasteiger partial charge in [0.1, 0.15) is 11.5 Å². The summed E-state index contributed by atoms with van der Waals surface area (Å²) in [6.45, 7) is 12.8. The summed E-state index contributed by atoms with van der Waals surface area (Å²) in [4.78, 5) is 4.78. The van der Waals surface area contributed by atoms with Crippen molar-refractivity contribution in [2.75, 3.05) is 40.5 Å². The second kappa shape index (κ2) is 14.8. The van der Waals surface area contributed by atoms with Crippen molar-refractivity contribution in [3.8, 4) is 11.5 Å². The molecular formula is C25H40N2O3. The smallest absolute Gasteiger partial charge is 0.118 e. The van der Waals surface area contributed by atoms with Crippen molar-refractivity contribution >= 4 is 0 Å². The Balaban J connectivity index is 0.00000106. The molecule has 5 heteroatoms. The molecule has 1 aliphatic heterocycles. The number of rotatable bonds is 7. The molecule has 0 aromatic heterocycles. The van der Waals surface area contributed by atoms with E-state index in [0.717, 1.165) is 44.2 Å². The van der Waals surface area contributed by atoms with Crippen molar-refractivity contribution in [2.45, 2.75) is 46.8 Å². The topological polar surface area (TPSA) is 45.2 Å². The third kappa shape index (κ3) is 7.98. The number of ether oxygens (including phenoxy) is 2. The Bertz CT molecular complexity index is 674. The zero-order chi connectivity index (χ0) is 22.4. The van der Waals surface area contributed by atoms with Crippen LogP contribution in [0, 0.1) is 0 Å². The number of methoxy groups -OCH3 is 2. The van der Waals surface area contributed by atoms with E-state index >= 15 is 0 Å². The Labute approximate surface area is 183 Å². The highest BCUT2D eigenvalue weighted by Crippen LogP contribution is 2.19. The second-order valence-corrected chi connectivity index (χ2v) is 6.74. The van der Waals surface area contributed by atoms with Gasteiger partial charge in [-0.3, -0.25) is 9.80 Å². The van der Waals surface area contributed by atoms with Crippen LogP contribution in [-0.2, 0) is 13.1 Å². The average molecular weight is 417 g/mol. The zero-order valence-electron chi connectivity index (χ0n) is 19.6. The van der Waals surface area contributed by atoms with Gasteiger partial charge in [0.05, 0.1) is 20.8 Å². The van der Waals surface area contributed by atoms with E-state index in [1.54, 1.807) is 14.2 Å². The first-order valence-corrected chi connectivity index (χ1v) is 11.0. The number of benzene rings is 2. The predicted molar refractivity (Wildman–Crippen MR) is 125 cm³/mol. The molecule has 1 N–H and O–H groups in total. The van der Waals surface area contributed by atoms with Crippen molar-refractivity contribution in [3.63, 3.8) is 0 Å². The first-order valence-electron chi connectivity index (χ1n) is 11.0. The number of aliphatic hydroxyl groups is 1. The molecule has 0 amide bonds. The van der Waals surface area contributed by atoms with Crippen LogP contribution in [0.1, 0.15) is 38.8 Å². The average Bonchev–Trinajstić information content (AvgIpc) is 2.83. The summed E-state index contributed by atoms with van der Waals surface area (Å²) in [6, 6.07) is 16.5. The minimum absolute atomic E-state index is 0.157. The van der Waals surface area contributed by atoms with Gasteiger partial charge in [-0.2, -0.15) is 0 Å². The molecule has 0 aliphatic carbocycles. The highest BCUT2D eigenvalue weighted by molar-refractivity contribution is 5.28. The van der Waals surface area contributed by atoms with Crippen LogP contribution >= 0.6 is 0 Å². The Morgan fingerprint density at radius 3 is 1.67 bits per heavy atom. The number of aliphatic hydroxyl groups excluding tert-OH is 1. The van der Waals surface area contributed by atoms with Gasteiger partial charge in [0.25, 0.3) is 0 Å². The molecule has 2 aromatic carbocycles. The first-order chi connectivity index (χ1) is 14.7. The maximum atomic E-state index is 9.87. The van der Waals surface area contributed by atoms with E-state index in [9.17, 15) is 5.11 Å². The fraction of sp³-hybridized carbons (Fsp3) is 0.520. The van der Waals surface area contributed by atoms with Crippen molar-refractivity contribution in [1.29, 1.82) is 0 Å². The van der Waals surface area contributed by atoms with Crippen LogP contribution in [0.25, 0.3) is 0 Å². The molecule has 0 unspecified atom stereocenters. The molecule has 30 heavy (non-hydrogen) atoms. The van der Waals surface area contributed by atoms with Crippen LogP contribution in [0.15, 0.2) is 48.5 Å². The molecule has 1 fully saturated rings. The van der Waals surface area contributed by atoms with E-state index in [-0.39, 0.29) is 12.6 Å². The van der Waals surface area contributed by atoms with Gasteiger partial charge < -0.3 is 14.6 Å². The summed E-state index contributed by atoms with van der Waals surface area (Å²) in [5.41, 5.74) is 2.51.